The monoisotopic (exact) mass is 313 g/mol. The van der Waals surface area contributed by atoms with Crippen molar-refractivity contribution in [2.45, 2.75) is 13.8 Å². The van der Waals surface area contributed by atoms with Crippen molar-refractivity contribution in [3.63, 3.8) is 0 Å². The Balaban J connectivity index is 1.85. The summed E-state index contributed by atoms with van der Waals surface area (Å²) >= 11 is 1.56. The summed E-state index contributed by atoms with van der Waals surface area (Å²) < 4.78 is 0. The van der Waals surface area contributed by atoms with Crippen LogP contribution in [0.3, 0.4) is 0 Å². The van der Waals surface area contributed by atoms with Gasteiger partial charge in [0.05, 0.1) is 5.69 Å². The maximum atomic E-state index is 6.14. The standard InChI is InChI=1S/C14H15N7S/c1-8-9(2)22-14(19-8)21-13-11(15)12(17-7-18-13)20-10-3-5-16-6-4-10/h3-7H,15H2,1-2H3,(H2,16,17,18,19,20,21). The molecule has 22 heavy (non-hydrogen) atoms. The fourth-order valence-electron chi connectivity index (χ4n) is 1.79. The van der Waals surface area contributed by atoms with Gasteiger partial charge in [-0.2, -0.15) is 0 Å². The van der Waals surface area contributed by atoms with Crippen molar-refractivity contribution in [2.24, 2.45) is 0 Å². The molecule has 0 aliphatic rings. The molecule has 3 rings (SSSR count). The summed E-state index contributed by atoms with van der Waals surface area (Å²) in [6, 6.07) is 3.67. The van der Waals surface area contributed by atoms with Crippen molar-refractivity contribution in [1.29, 1.82) is 0 Å². The molecule has 3 aromatic heterocycles. The van der Waals surface area contributed by atoms with E-state index in [1.807, 2.05) is 26.0 Å². The Morgan fingerprint density at radius 3 is 2.36 bits per heavy atom. The minimum atomic E-state index is 0.435. The average molecular weight is 313 g/mol. The molecule has 112 valence electrons. The van der Waals surface area contributed by atoms with Crippen molar-refractivity contribution in [2.75, 3.05) is 16.4 Å². The van der Waals surface area contributed by atoms with Crippen LogP contribution in [-0.4, -0.2) is 19.9 Å². The second kappa shape index (κ2) is 5.94. The Labute approximate surface area is 131 Å². The maximum absolute atomic E-state index is 6.14. The molecule has 0 bridgehead atoms. The van der Waals surface area contributed by atoms with Gasteiger partial charge in [-0.1, -0.05) is 0 Å². The van der Waals surface area contributed by atoms with Gasteiger partial charge in [0.25, 0.3) is 0 Å². The maximum Gasteiger partial charge on any atom is 0.188 e. The lowest BCUT2D eigenvalue weighted by Crippen LogP contribution is -2.05. The third-order valence-electron chi connectivity index (χ3n) is 3.08. The van der Waals surface area contributed by atoms with Crippen molar-refractivity contribution < 1.29 is 0 Å². The van der Waals surface area contributed by atoms with Gasteiger partial charge in [0.1, 0.15) is 12.0 Å². The summed E-state index contributed by atoms with van der Waals surface area (Å²) in [5, 5.41) is 7.04. The quantitative estimate of drug-likeness (QED) is 0.680. The number of hydrogen-bond donors (Lipinski definition) is 3. The van der Waals surface area contributed by atoms with Crippen molar-refractivity contribution in [3.8, 4) is 0 Å². The Bertz CT molecular complexity index is 766. The fourth-order valence-corrected chi connectivity index (χ4v) is 2.61. The summed E-state index contributed by atoms with van der Waals surface area (Å²) in [5.41, 5.74) is 8.42. The molecule has 0 radical (unpaired) electrons. The molecule has 0 aliphatic heterocycles. The highest BCUT2D eigenvalue weighted by atomic mass is 32.1. The summed E-state index contributed by atoms with van der Waals surface area (Å²) in [5.74, 6) is 1.06. The molecule has 0 atom stereocenters. The highest BCUT2D eigenvalue weighted by Gasteiger charge is 2.11. The van der Waals surface area contributed by atoms with E-state index in [0.717, 1.165) is 21.4 Å². The first kappa shape index (κ1) is 14.2. The fraction of sp³-hybridized carbons (Fsp3) is 0.143. The van der Waals surface area contributed by atoms with Crippen LogP contribution < -0.4 is 16.4 Å². The first-order valence-corrected chi connectivity index (χ1v) is 7.43. The Morgan fingerprint density at radius 2 is 1.73 bits per heavy atom. The predicted molar refractivity (Wildman–Crippen MR) is 88.8 cm³/mol. The number of pyridine rings is 1. The Kier molecular flexibility index (Phi) is 3.84. The number of rotatable bonds is 4. The number of nitrogens with one attached hydrogen (secondary N) is 2. The molecular weight excluding hydrogens is 298 g/mol. The van der Waals surface area contributed by atoms with E-state index >= 15 is 0 Å². The highest BCUT2D eigenvalue weighted by Crippen LogP contribution is 2.30. The Morgan fingerprint density at radius 1 is 1.05 bits per heavy atom. The lowest BCUT2D eigenvalue weighted by atomic mass is 10.3. The molecule has 0 fully saturated rings. The second-order valence-electron chi connectivity index (χ2n) is 4.63. The van der Waals surface area contributed by atoms with Crippen LogP contribution in [0.1, 0.15) is 10.6 Å². The number of thiazole rings is 1. The van der Waals surface area contributed by atoms with Gasteiger partial charge >= 0.3 is 0 Å². The van der Waals surface area contributed by atoms with Gasteiger partial charge in [-0.3, -0.25) is 4.98 Å². The highest BCUT2D eigenvalue weighted by molar-refractivity contribution is 7.15. The number of aromatic nitrogens is 4. The van der Waals surface area contributed by atoms with Crippen LogP contribution in [0.5, 0.6) is 0 Å². The van der Waals surface area contributed by atoms with E-state index in [2.05, 4.69) is 30.6 Å². The van der Waals surface area contributed by atoms with Crippen LogP contribution >= 0.6 is 11.3 Å². The first-order valence-electron chi connectivity index (χ1n) is 6.62. The molecule has 0 unspecified atom stereocenters. The van der Waals surface area contributed by atoms with Gasteiger partial charge in [0, 0.05) is 23.0 Å². The minimum absolute atomic E-state index is 0.435. The van der Waals surface area contributed by atoms with Crippen molar-refractivity contribution in [1.82, 2.24) is 19.9 Å². The molecule has 0 saturated carbocycles. The number of hydrogen-bond acceptors (Lipinski definition) is 8. The summed E-state index contributed by atoms with van der Waals surface area (Å²) in [7, 11) is 0. The summed E-state index contributed by atoms with van der Waals surface area (Å²) in [6.07, 6.45) is 4.84. The zero-order chi connectivity index (χ0) is 15.5. The number of nitrogen functional groups attached to an aromatic ring is 1. The van der Waals surface area contributed by atoms with Crippen LogP contribution in [0.2, 0.25) is 0 Å². The topological polar surface area (TPSA) is 102 Å². The molecule has 8 heteroatoms. The third kappa shape index (κ3) is 2.96. The average Bonchev–Trinajstić information content (AvgIpc) is 2.83. The first-order chi connectivity index (χ1) is 10.6. The molecular formula is C14H15N7S. The van der Waals surface area contributed by atoms with E-state index in [-0.39, 0.29) is 0 Å². The van der Waals surface area contributed by atoms with Gasteiger partial charge in [0.15, 0.2) is 16.8 Å². The van der Waals surface area contributed by atoms with Gasteiger partial charge in [-0.25, -0.2) is 15.0 Å². The lowest BCUT2D eigenvalue weighted by Gasteiger charge is -2.11. The van der Waals surface area contributed by atoms with Crippen molar-refractivity contribution >= 4 is 39.5 Å². The zero-order valence-electron chi connectivity index (χ0n) is 12.2. The van der Waals surface area contributed by atoms with Gasteiger partial charge < -0.3 is 16.4 Å². The van der Waals surface area contributed by atoms with E-state index in [0.29, 0.717) is 17.3 Å². The van der Waals surface area contributed by atoms with Crippen molar-refractivity contribution in [3.05, 3.63) is 41.4 Å². The summed E-state index contributed by atoms with van der Waals surface area (Å²) in [6.45, 7) is 3.99. The third-order valence-corrected chi connectivity index (χ3v) is 4.07. The molecule has 7 nitrogen and oxygen atoms in total. The Hall–Kier alpha value is -2.74. The molecule has 0 aliphatic carbocycles. The lowest BCUT2D eigenvalue weighted by molar-refractivity contribution is 1.16. The number of nitrogens with zero attached hydrogens (tertiary/aromatic N) is 4. The number of anilines is 5. The van der Waals surface area contributed by atoms with Crippen LogP contribution in [-0.2, 0) is 0 Å². The van der Waals surface area contributed by atoms with Gasteiger partial charge in [-0.15, -0.1) is 11.3 Å². The second-order valence-corrected chi connectivity index (χ2v) is 5.83. The smallest absolute Gasteiger partial charge is 0.188 e. The van der Waals surface area contributed by atoms with E-state index < -0.39 is 0 Å². The molecule has 3 aromatic rings. The number of nitrogens with two attached hydrogens (primary N) is 1. The molecule has 0 amide bonds. The van der Waals surface area contributed by atoms with Gasteiger partial charge in [0.2, 0.25) is 0 Å². The van der Waals surface area contributed by atoms with Crippen LogP contribution in [0.4, 0.5) is 28.1 Å². The minimum Gasteiger partial charge on any atom is -0.393 e. The van der Waals surface area contributed by atoms with Crippen LogP contribution in [0.15, 0.2) is 30.9 Å². The largest absolute Gasteiger partial charge is 0.393 e. The van der Waals surface area contributed by atoms with Gasteiger partial charge in [-0.05, 0) is 26.0 Å². The van der Waals surface area contributed by atoms with E-state index in [1.54, 1.807) is 23.7 Å². The predicted octanol–water partition coefficient (Wildman–Crippen LogP) is 3.01. The summed E-state index contributed by atoms with van der Waals surface area (Å²) in [4.78, 5) is 17.9. The molecule has 0 spiro atoms. The van der Waals surface area contributed by atoms with Crippen LogP contribution in [0, 0.1) is 13.8 Å². The molecule has 0 saturated heterocycles. The normalized spacial score (nSPS) is 10.5. The SMILES string of the molecule is Cc1nc(Nc2ncnc(Nc3ccncc3)c2N)sc1C. The molecule has 4 N–H and O–H groups in total. The zero-order valence-corrected chi connectivity index (χ0v) is 13.0. The van der Waals surface area contributed by atoms with Crippen LogP contribution in [0.25, 0.3) is 0 Å². The number of aryl methyl sites for hydroxylation is 2. The molecule has 0 aromatic carbocycles. The van der Waals surface area contributed by atoms with E-state index in [9.17, 15) is 0 Å². The van der Waals surface area contributed by atoms with E-state index in [4.69, 9.17) is 5.73 Å². The van der Waals surface area contributed by atoms with E-state index in [1.165, 1.54) is 6.33 Å². The molecule has 3 heterocycles.